The van der Waals surface area contributed by atoms with E-state index >= 15 is 0 Å². The number of hydrogen-bond donors (Lipinski definition) is 3. The topological polar surface area (TPSA) is 113 Å². The van der Waals surface area contributed by atoms with E-state index in [0.717, 1.165) is 10.9 Å². The van der Waals surface area contributed by atoms with E-state index in [1.165, 1.54) is 0 Å². The predicted molar refractivity (Wildman–Crippen MR) is 64.3 cm³/mol. The van der Waals surface area contributed by atoms with Crippen LogP contribution >= 0.6 is 0 Å². The molecule has 0 unspecified atom stereocenters. The maximum Gasteiger partial charge on any atom is 0.265 e. The zero-order valence-electron chi connectivity index (χ0n) is 9.04. The van der Waals surface area contributed by atoms with Crippen LogP contribution in [0, 0.1) is 0 Å². The maximum absolute atomic E-state index is 10.8. The lowest BCUT2D eigenvalue weighted by Crippen LogP contribution is -2.10. The summed E-state index contributed by atoms with van der Waals surface area (Å²) in [5.41, 5.74) is 6.50. The van der Waals surface area contributed by atoms with Crippen molar-refractivity contribution in [3.8, 4) is 0 Å². The van der Waals surface area contributed by atoms with Gasteiger partial charge in [0.05, 0.1) is 6.26 Å². The Bertz CT molecular complexity index is 590. The van der Waals surface area contributed by atoms with E-state index in [2.05, 4.69) is 4.98 Å². The normalized spacial score (nSPS) is 10.7. The number of para-hydroxylation sites is 1. The van der Waals surface area contributed by atoms with Gasteiger partial charge >= 0.3 is 0 Å². The second kappa shape index (κ2) is 4.98. The van der Waals surface area contributed by atoms with Crippen LogP contribution in [0.15, 0.2) is 30.3 Å². The molecule has 0 atom stereocenters. The summed E-state index contributed by atoms with van der Waals surface area (Å²) >= 11 is 0. The largest absolute Gasteiger partial charge is 0.364 e. The third-order valence-corrected chi connectivity index (χ3v) is 1.80. The summed E-state index contributed by atoms with van der Waals surface area (Å²) in [6.45, 7) is 0. The molecular formula is C10H12N2O4S. The fourth-order valence-corrected chi connectivity index (χ4v) is 1.21. The number of nitrogens with one attached hydrogen (secondary N) is 1. The van der Waals surface area contributed by atoms with Crippen molar-refractivity contribution in [2.75, 3.05) is 6.26 Å². The molecule has 1 amide bonds. The second-order valence-corrected chi connectivity index (χ2v) is 4.83. The predicted octanol–water partition coefficient (Wildman–Crippen LogP) is 0.771. The number of fused-ring (bicyclic) bond motifs is 1. The highest BCUT2D eigenvalue weighted by Crippen LogP contribution is 2.13. The monoisotopic (exact) mass is 256 g/mol. The molecule has 0 saturated carbocycles. The number of carbonyl (C=O) groups is 1. The molecule has 17 heavy (non-hydrogen) atoms. The SMILES string of the molecule is CS(=O)(=O)O.NC(=O)c1cc2ccccc2[nH]1. The highest BCUT2D eigenvalue weighted by molar-refractivity contribution is 7.85. The minimum Gasteiger partial charge on any atom is -0.364 e. The molecular weight excluding hydrogens is 244 g/mol. The van der Waals surface area contributed by atoms with Crippen molar-refractivity contribution in [3.63, 3.8) is 0 Å². The van der Waals surface area contributed by atoms with Crippen LogP contribution in [-0.2, 0) is 10.1 Å². The third-order valence-electron chi connectivity index (χ3n) is 1.80. The van der Waals surface area contributed by atoms with E-state index in [-0.39, 0.29) is 0 Å². The second-order valence-electron chi connectivity index (χ2n) is 3.37. The quantitative estimate of drug-likeness (QED) is 0.654. The molecule has 7 heteroatoms. The number of aromatic amines is 1. The number of aromatic nitrogens is 1. The molecule has 0 aliphatic rings. The average Bonchev–Trinajstić information content (AvgIpc) is 2.58. The summed E-state index contributed by atoms with van der Waals surface area (Å²) in [6.07, 6.45) is 0.715. The molecule has 0 saturated heterocycles. The molecule has 92 valence electrons. The molecule has 0 fully saturated rings. The van der Waals surface area contributed by atoms with Gasteiger partial charge in [-0.3, -0.25) is 9.35 Å². The van der Waals surface area contributed by atoms with Crippen LogP contribution in [0.3, 0.4) is 0 Å². The zero-order chi connectivity index (χ0) is 13.1. The highest BCUT2D eigenvalue weighted by Gasteiger charge is 2.03. The Morgan fingerprint density at radius 3 is 2.35 bits per heavy atom. The van der Waals surface area contributed by atoms with E-state index in [9.17, 15) is 13.2 Å². The first-order valence-corrected chi connectivity index (χ1v) is 6.42. The van der Waals surface area contributed by atoms with Gasteiger partial charge in [0.1, 0.15) is 5.69 Å². The minimum atomic E-state index is -3.67. The van der Waals surface area contributed by atoms with Crippen LogP contribution in [0.25, 0.3) is 10.9 Å². The molecule has 1 aromatic carbocycles. The number of carbonyl (C=O) groups excluding carboxylic acids is 1. The van der Waals surface area contributed by atoms with Crippen molar-refractivity contribution in [1.82, 2.24) is 4.98 Å². The first-order valence-electron chi connectivity index (χ1n) is 4.57. The summed E-state index contributed by atoms with van der Waals surface area (Å²) in [7, 11) is -3.67. The average molecular weight is 256 g/mol. The Hall–Kier alpha value is -1.86. The van der Waals surface area contributed by atoms with E-state index in [1.807, 2.05) is 24.3 Å². The lowest BCUT2D eigenvalue weighted by Gasteiger charge is -1.85. The summed E-state index contributed by atoms with van der Waals surface area (Å²) in [5, 5.41) is 1.01. The number of hydrogen-bond acceptors (Lipinski definition) is 3. The van der Waals surface area contributed by atoms with Gasteiger partial charge in [-0.2, -0.15) is 8.42 Å². The molecule has 0 aliphatic heterocycles. The van der Waals surface area contributed by atoms with Crippen LogP contribution in [-0.4, -0.2) is 30.1 Å². The van der Waals surface area contributed by atoms with Gasteiger partial charge in [-0.25, -0.2) is 0 Å². The molecule has 1 heterocycles. The summed E-state index contributed by atoms with van der Waals surface area (Å²) in [4.78, 5) is 13.7. The van der Waals surface area contributed by atoms with Gasteiger partial charge in [-0.15, -0.1) is 0 Å². The fraction of sp³-hybridized carbons (Fsp3) is 0.100. The Morgan fingerprint density at radius 1 is 1.35 bits per heavy atom. The fourth-order valence-electron chi connectivity index (χ4n) is 1.21. The number of amides is 1. The van der Waals surface area contributed by atoms with Gasteiger partial charge in [0.15, 0.2) is 0 Å². The molecule has 0 bridgehead atoms. The third kappa shape index (κ3) is 4.66. The van der Waals surface area contributed by atoms with Crippen LogP contribution in [0.1, 0.15) is 10.5 Å². The van der Waals surface area contributed by atoms with Gasteiger partial charge in [-0.1, -0.05) is 18.2 Å². The van der Waals surface area contributed by atoms with Crippen LogP contribution in [0.2, 0.25) is 0 Å². The number of primary amides is 1. The van der Waals surface area contributed by atoms with Gasteiger partial charge < -0.3 is 10.7 Å². The van der Waals surface area contributed by atoms with Gasteiger partial charge in [-0.05, 0) is 12.1 Å². The lowest BCUT2D eigenvalue weighted by atomic mass is 10.2. The van der Waals surface area contributed by atoms with E-state index in [1.54, 1.807) is 6.07 Å². The van der Waals surface area contributed by atoms with E-state index in [4.69, 9.17) is 10.3 Å². The number of rotatable bonds is 1. The summed E-state index contributed by atoms with van der Waals surface area (Å²) < 4.78 is 25.9. The van der Waals surface area contributed by atoms with Crippen molar-refractivity contribution >= 4 is 26.9 Å². The van der Waals surface area contributed by atoms with Crippen LogP contribution < -0.4 is 5.73 Å². The minimum absolute atomic E-state index is 0.425. The van der Waals surface area contributed by atoms with Crippen LogP contribution in [0.4, 0.5) is 0 Å². The standard InChI is InChI=1S/C9H8N2O.CH4O3S/c10-9(12)8-5-6-3-1-2-4-7(6)11-8;1-5(2,3)4/h1-5,11H,(H2,10,12);1H3,(H,2,3,4). The van der Waals surface area contributed by atoms with Crippen molar-refractivity contribution < 1.29 is 17.8 Å². The Labute approximate surface area is 98.2 Å². The van der Waals surface area contributed by atoms with E-state index in [0.29, 0.717) is 11.9 Å². The lowest BCUT2D eigenvalue weighted by molar-refractivity contribution is 0.0996. The first-order chi connectivity index (χ1) is 7.77. The zero-order valence-corrected chi connectivity index (χ0v) is 9.86. The van der Waals surface area contributed by atoms with Gasteiger partial charge in [0.25, 0.3) is 16.0 Å². The van der Waals surface area contributed by atoms with Crippen molar-refractivity contribution in [3.05, 3.63) is 36.0 Å². The Morgan fingerprint density at radius 2 is 1.88 bits per heavy atom. The molecule has 0 radical (unpaired) electrons. The van der Waals surface area contributed by atoms with Crippen molar-refractivity contribution in [2.45, 2.75) is 0 Å². The number of nitrogens with two attached hydrogens (primary N) is 1. The highest BCUT2D eigenvalue weighted by atomic mass is 32.2. The van der Waals surface area contributed by atoms with E-state index < -0.39 is 16.0 Å². The molecule has 6 nitrogen and oxygen atoms in total. The molecule has 0 aliphatic carbocycles. The molecule has 2 aromatic rings. The summed E-state index contributed by atoms with van der Waals surface area (Å²) in [6, 6.07) is 9.41. The molecule has 1 aromatic heterocycles. The van der Waals surface area contributed by atoms with Crippen molar-refractivity contribution in [2.24, 2.45) is 5.73 Å². The Balaban J connectivity index is 0.000000249. The molecule has 2 rings (SSSR count). The van der Waals surface area contributed by atoms with Crippen LogP contribution in [0.5, 0.6) is 0 Å². The molecule has 4 N–H and O–H groups in total. The Kier molecular flexibility index (Phi) is 3.87. The van der Waals surface area contributed by atoms with Gasteiger partial charge in [0, 0.05) is 10.9 Å². The van der Waals surface area contributed by atoms with Crippen molar-refractivity contribution in [1.29, 1.82) is 0 Å². The van der Waals surface area contributed by atoms with Gasteiger partial charge in [0.2, 0.25) is 0 Å². The first kappa shape index (κ1) is 13.2. The number of benzene rings is 1. The maximum atomic E-state index is 10.8. The summed E-state index contributed by atoms with van der Waals surface area (Å²) in [5.74, 6) is -0.425. The smallest absolute Gasteiger partial charge is 0.265 e. The molecule has 0 spiro atoms. The number of H-pyrrole nitrogens is 1.